The average molecular weight is 327 g/mol. The van der Waals surface area contributed by atoms with Gasteiger partial charge < -0.3 is 10.6 Å². The molecule has 1 aliphatic heterocycles. The largest absolute Gasteiger partial charge is 0.419 e. The quantitative estimate of drug-likeness (QED) is 0.821. The Labute approximate surface area is 125 Å². The van der Waals surface area contributed by atoms with Crippen molar-refractivity contribution in [3.8, 4) is 0 Å². The lowest BCUT2D eigenvalue weighted by Crippen LogP contribution is -2.45. The van der Waals surface area contributed by atoms with Gasteiger partial charge in [-0.2, -0.15) is 13.2 Å². The van der Waals surface area contributed by atoms with Gasteiger partial charge in [-0.25, -0.2) is 4.39 Å². The van der Waals surface area contributed by atoms with E-state index in [2.05, 4.69) is 10.6 Å². The van der Waals surface area contributed by atoms with Gasteiger partial charge in [0.05, 0.1) is 5.56 Å². The summed E-state index contributed by atoms with van der Waals surface area (Å²) in [5.41, 5.74) is -1.61. The lowest BCUT2D eigenvalue weighted by molar-refractivity contribution is -0.140. The fourth-order valence-electron chi connectivity index (χ4n) is 2.13. The Morgan fingerprint density at radius 2 is 2.05 bits per heavy atom. The highest BCUT2D eigenvalue weighted by Gasteiger charge is 2.34. The predicted molar refractivity (Wildman–Crippen MR) is 72.0 cm³/mol. The van der Waals surface area contributed by atoms with Gasteiger partial charge in [0.2, 0.25) is 0 Å². The van der Waals surface area contributed by atoms with E-state index in [9.17, 15) is 22.4 Å². The van der Waals surface area contributed by atoms with Crippen molar-refractivity contribution in [2.45, 2.75) is 25.1 Å². The molecule has 3 nitrogen and oxygen atoms in total. The molecule has 0 radical (unpaired) electrons. The minimum Gasteiger partial charge on any atom is -0.348 e. The molecule has 1 atom stereocenters. The van der Waals surface area contributed by atoms with Crippen molar-refractivity contribution in [2.24, 2.45) is 0 Å². The molecule has 1 unspecified atom stereocenters. The standard InChI is InChI=1S/C13H14F4N2O.ClH/c14-11-4-3-8(6-10(11)13(15,16)17)12(20)19-9-2-1-5-18-7-9;/h3-4,6,9,18H,1-2,5,7H2,(H,19,20);1H. The highest BCUT2D eigenvalue weighted by molar-refractivity contribution is 5.94. The molecule has 2 N–H and O–H groups in total. The third kappa shape index (κ3) is 4.57. The lowest BCUT2D eigenvalue weighted by atomic mass is 10.1. The number of piperidine rings is 1. The maximum absolute atomic E-state index is 13.1. The SMILES string of the molecule is Cl.O=C(NC1CCCNC1)c1ccc(F)c(C(F)(F)F)c1. The Bertz CT molecular complexity index is 501. The van der Waals surface area contributed by atoms with Gasteiger partial charge in [0.15, 0.2) is 0 Å². The first kappa shape index (κ1) is 17.7. The van der Waals surface area contributed by atoms with Crippen LogP contribution in [0.4, 0.5) is 17.6 Å². The summed E-state index contributed by atoms with van der Waals surface area (Å²) < 4.78 is 50.8. The van der Waals surface area contributed by atoms with E-state index in [-0.39, 0.29) is 24.0 Å². The Kier molecular flexibility index (Phi) is 5.98. The van der Waals surface area contributed by atoms with Crippen molar-refractivity contribution in [3.63, 3.8) is 0 Å². The highest BCUT2D eigenvalue weighted by atomic mass is 35.5. The Hall–Kier alpha value is -1.34. The Balaban J connectivity index is 0.00000220. The second kappa shape index (κ2) is 7.09. The molecule has 0 aromatic heterocycles. The fraction of sp³-hybridized carbons (Fsp3) is 0.462. The summed E-state index contributed by atoms with van der Waals surface area (Å²) in [6, 6.07) is 2.14. The smallest absolute Gasteiger partial charge is 0.348 e. The van der Waals surface area contributed by atoms with Crippen LogP contribution in [0.25, 0.3) is 0 Å². The normalized spacial score (nSPS) is 18.8. The van der Waals surface area contributed by atoms with Crippen LogP contribution in [0.3, 0.4) is 0 Å². The highest BCUT2D eigenvalue weighted by Crippen LogP contribution is 2.31. The van der Waals surface area contributed by atoms with Gasteiger partial charge in [-0.1, -0.05) is 0 Å². The second-order valence-corrected chi connectivity index (χ2v) is 4.71. The van der Waals surface area contributed by atoms with E-state index in [1.807, 2.05) is 0 Å². The molecule has 1 aromatic rings. The molecule has 0 aliphatic carbocycles. The van der Waals surface area contributed by atoms with Gasteiger partial charge in [-0.15, -0.1) is 12.4 Å². The van der Waals surface area contributed by atoms with Crippen LogP contribution < -0.4 is 10.6 Å². The molecule has 8 heteroatoms. The first-order chi connectivity index (χ1) is 9.38. The summed E-state index contributed by atoms with van der Waals surface area (Å²) >= 11 is 0. The molecule has 0 bridgehead atoms. The van der Waals surface area contributed by atoms with Gasteiger partial charge >= 0.3 is 6.18 Å². The van der Waals surface area contributed by atoms with Crippen LogP contribution in [0.15, 0.2) is 18.2 Å². The maximum Gasteiger partial charge on any atom is 0.419 e. The van der Waals surface area contributed by atoms with E-state index in [1.165, 1.54) is 0 Å². The van der Waals surface area contributed by atoms with Gasteiger partial charge in [-0.3, -0.25) is 4.79 Å². The number of hydrogen-bond donors (Lipinski definition) is 2. The topological polar surface area (TPSA) is 41.1 Å². The molecule has 1 aromatic carbocycles. The summed E-state index contributed by atoms with van der Waals surface area (Å²) in [4.78, 5) is 11.9. The van der Waals surface area contributed by atoms with Crippen LogP contribution in [-0.2, 0) is 6.18 Å². The van der Waals surface area contributed by atoms with Gasteiger partial charge in [0.25, 0.3) is 5.91 Å². The van der Waals surface area contributed by atoms with Gasteiger partial charge in [-0.05, 0) is 37.6 Å². The summed E-state index contributed by atoms with van der Waals surface area (Å²) in [7, 11) is 0. The van der Waals surface area contributed by atoms with E-state index < -0.39 is 23.5 Å². The van der Waals surface area contributed by atoms with E-state index in [4.69, 9.17) is 0 Å². The lowest BCUT2D eigenvalue weighted by Gasteiger charge is -2.24. The molecule has 1 heterocycles. The molecule has 0 saturated carbocycles. The van der Waals surface area contributed by atoms with E-state index in [1.54, 1.807) is 0 Å². The number of nitrogens with one attached hydrogen (secondary N) is 2. The van der Waals surface area contributed by atoms with Crippen molar-refractivity contribution in [1.29, 1.82) is 0 Å². The zero-order valence-electron chi connectivity index (χ0n) is 11.0. The summed E-state index contributed by atoms with van der Waals surface area (Å²) in [6.45, 7) is 1.44. The molecule has 21 heavy (non-hydrogen) atoms. The van der Waals surface area contributed by atoms with Crippen LogP contribution in [0, 0.1) is 5.82 Å². The molecular formula is C13H15ClF4N2O. The van der Waals surface area contributed by atoms with Crippen molar-refractivity contribution in [1.82, 2.24) is 10.6 Å². The minimum atomic E-state index is -4.81. The number of carbonyl (C=O) groups excluding carboxylic acids is 1. The molecule has 1 amide bonds. The summed E-state index contributed by atoms with van der Waals surface area (Å²) in [6.07, 6.45) is -3.15. The van der Waals surface area contributed by atoms with Crippen LogP contribution in [0.2, 0.25) is 0 Å². The Morgan fingerprint density at radius 3 is 2.62 bits per heavy atom. The second-order valence-electron chi connectivity index (χ2n) is 4.71. The van der Waals surface area contributed by atoms with Crippen LogP contribution >= 0.6 is 12.4 Å². The molecule has 1 fully saturated rings. The number of rotatable bonds is 2. The van der Waals surface area contributed by atoms with Crippen molar-refractivity contribution < 1.29 is 22.4 Å². The molecular weight excluding hydrogens is 312 g/mol. The van der Waals surface area contributed by atoms with Gasteiger partial charge in [0, 0.05) is 18.2 Å². The number of amides is 1. The van der Waals surface area contributed by atoms with Crippen LogP contribution in [0.1, 0.15) is 28.8 Å². The van der Waals surface area contributed by atoms with E-state index in [0.717, 1.165) is 25.5 Å². The summed E-state index contributed by atoms with van der Waals surface area (Å²) in [5.74, 6) is -2.00. The minimum absolute atomic E-state index is 0. The number of benzene rings is 1. The van der Waals surface area contributed by atoms with Crippen LogP contribution in [0.5, 0.6) is 0 Å². The zero-order valence-corrected chi connectivity index (χ0v) is 11.8. The monoisotopic (exact) mass is 326 g/mol. The first-order valence-corrected chi connectivity index (χ1v) is 6.26. The molecule has 118 valence electrons. The molecule has 2 rings (SSSR count). The maximum atomic E-state index is 13.1. The molecule has 1 aliphatic rings. The third-order valence-corrected chi connectivity index (χ3v) is 3.17. The van der Waals surface area contributed by atoms with E-state index >= 15 is 0 Å². The van der Waals surface area contributed by atoms with Crippen LogP contribution in [-0.4, -0.2) is 25.0 Å². The predicted octanol–water partition coefficient (Wildman–Crippen LogP) is 2.75. The third-order valence-electron chi connectivity index (χ3n) is 3.17. The molecule has 0 spiro atoms. The van der Waals surface area contributed by atoms with Crippen molar-refractivity contribution in [3.05, 3.63) is 35.1 Å². The first-order valence-electron chi connectivity index (χ1n) is 6.26. The fourth-order valence-corrected chi connectivity index (χ4v) is 2.13. The molecule has 1 saturated heterocycles. The Morgan fingerprint density at radius 1 is 1.33 bits per heavy atom. The summed E-state index contributed by atoms with van der Waals surface area (Å²) in [5, 5.41) is 5.72. The number of halogens is 5. The number of carbonyl (C=O) groups is 1. The van der Waals surface area contributed by atoms with Crippen molar-refractivity contribution >= 4 is 18.3 Å². The number of alkyl halides is 3. The van der Waals surface area contributed by atoms with Crippen molar-refractivity contribution in [2.75, 3.05) is 13.1 Å². The van der Waals surface area contributed by atoms with E-state index in [0.29, 0.717) is 18.7 Å². The number of hydrogen-bond acceptors (Lipinski definition) is 2. The average Bonchev–Trinajstić information content (AvgIpc) is 2.39. The zero-order chi connectivity index (χ0) is 14.8. The van der Waals surface area contributed by atoms with Gasteiger partial charge in [0.1, 0.15) is 5.82 Å².